The second-order valence-corrected chi connectivity index (χ2v) is 7.44. The highest BCUT2D eigenvalue weighted by Gasteiger charge is 2.09. The number of halogens is 2. The normalized spacial score (nSPS) is 11.2. The highest BCUT2D eigenvalue weighted by atomic mass is 79.9. The third-order valence-corrected chi connectivity index (χ3v) is 4.87. The lowest BCUT2D eigenvalue weighted by atomic mass is 10.2. The van der Waals surface area contributed by atoms with Gasteiger partial charge >= 0.3 is 0 Å². The summed E-state index contributed by atoms with van der Waals surface area (Å²) in [6, 6.07) is 7.19. The van der Waals surface area contributed by atoms with E-state index in [4.69, 9.17) is 9.15 Å². The maximum absolute atomic E-state index is 11.9. The van der Waals surface area contributed by atoms with Crippen molar-refractivity contribution in [2.45, 2.75) is 26.8 Å². The molecular weight excluding hydrogens is 482 g/mol. The molecule has 0 saturated carbocycles. The van der Waals surface area contributed by atoms with Gasteiger partial charge in [-0.25, -0.2) is 5.43 Å². The third-order valence-electron chi connectivity index (χ3n) is 3.40. The molecule has 1 aromatic heterocycles. The van der Waals surface area contributed by atoms with Gasteiger partial charge in [0.1, 0.15) is 11.5 Å². The molecule has 1 heterocycles. The number of ether oxygens (including phenoxy) is 1. The predicted octanol–water partition coefficient (Wildman–Crippen LogP) is 3.69. The number of hydrogen-bond donors (Lipinski definition) is 2. The number of benzene rings is 1. The largest absolute Gasteiger partial charge is 0.483 e. The fourth-order valence-corrected chi connectivity index (χ4v) is 3.12. The minimum Gasteiger partial charge on any atom is -0.483 e. The summed E-state index contributed by atoms with van der Waals surface area (Å²) in [7, 11) is 0. The van der Waals surface area contributed by atoms with Crippen LogP contribution in [0.4, 0.5) is 0 Å². The number of aryl methyl sites for hydroxylation is 1. The number of hydrazone groups is 1. The van der Waals surface area contributed by atoms with E-state index in [1.54, 1.807) is 25.3 Å². The van der Waals surface area contributed by atoms with Gasteiger partial charge in [0.15, 0.2) is 6.61 Å². The maximum atomic E-state index is 11.9. The van der Waals surface area contributed by atoms with E-state index < -0.39 is 5.91 Å². The maximum Gasteiger partial charge on any atom is 0.277 e. The Bertz CT molecular complexity index is 835. The Kier molecular flexibility index (Phi) is 8.05. The van der Waals surface area contributed by atoms with Crippen LogP contribution in [0.15, 0.2) is 49.0 Å². The number of carbonyl (C=O) groups is 2. The molecule has 0 aliphatic heterocycles. The molecule has 2 aromatic rings. The van der Waals surface area contributed by atoms with Gasteiger partial charge in [-0.3, -0.25) is 9.59 Å². The van der Waals surface area contributed by atoms with Gasteiger partial charge in [0.25, 0.3) is 5.91 Å². The van der Waals surface area contributed by atoms with E-state index in [-0.39, 0.29) is 18.9 Å². The molecule has 0 unspecified atom stereocenters. The second kappa shape index (κ2) is 10.3. The number of nitrogens with one attached hydrogen (secondary N) is 2. The van der Waals surface area contributed by atoms with E-state index in [2.05, 4.69) is 47.7 Å². The van der Waals surface area contributed by atoms with Gasteiger partial charge in [0.05, 0.1) is 23.7 Å². The lowest BCUT2D eigenvalue weighted by molar-refractivity contribution is -0.123. The molecule has 7 nitrogen and oxygen atoms in total. The van der Waals surface area contributed by atoms with Crippen LogP contribution in [0.3, 0.4) is 0 Å². The Morgan fingerprint density at radius 2 is 2.00 bits per heavy atom. The number of furan rings is 1. The van der Waals surface area contributed by atoms with E-state index >= 15 is 0 Å². The zero-order chi connectivity index (χ0) is 19.8. The predicted molar refractivity (Wildman–Crippen MR) is 108 cm³/mol. The first-order valence-electron chi connectivity index (χ1n) is 8.04. The minimum atomic E-state index is -0.419. The number of nitrogens with zero attached hydrogens (tertiary/aromatic N) is 1. The first-order chi connectivity index (χ1) is 12.8. The molecule has 2 N–H and O–H groups in total. The molecule has 2 amide bonds. The summed E-state index contributed by atoms with van der Waals surface area (Å²) >= 11 is 6.81. The van der Waals surface area contributed by atoms with Crippen molar-refractivity contribution in [1.82, 2.24) is 10.7 Å². The van der Waals surface area contributed by atoms with E-state index in [1.807, 2.05) is 19.1 Å². The topological polar surface area (TPSA) is 92.9 Å². The summed E-state index contributed by atoms with van der Waals surface area (Å²) in [5.74, 6) is 0.590. The lowest BCUT2D eigenvalue weighted by Crippen LogP contribution is -2.28. The standard InChI is InChI=1S/C18H19Br2N3O4/c1-11-6-16(15(20)8-14(11)19)27-10-18(25)23-22-12(2)7-17(24)21-9-13-4-3-5-26-13/h3-6,8H,7,9-10H2,1-2H3,(H,21,24)(H,23,25)/b22-12+. The molecule has 144 valence electrons. The monoisotopic (exact) mass is 499 g/mol. The Hall–Kier alpha value is -2.13. The molecule has 0 saturated heterocycles. The van der Waals surface area contributed by atoms with Crippen LogP contribution in [0.5, 0.6) is 5.75 Å². The summed E-state index contributed by atoms with van der Waals surface area (Å²) in [4.78, 5) is 23.7. The summed E-state index contributed by atoms with van der Waals surface area (Å²) in [6.07, 6.45) is 1.61. The van der Waals surface area contributed by atoms with Crippen LogP contribution in [0.1, 0.15) is 24.7 Å². The number of rotatable bonds is 8. The van der Waals surface area contributed by atoms with Gasteiger partial charge < -0.3 is 14.5 Å². The fraction of sp³-hybridized carbons (Fsp3) is 0.278. The molecule has 2 rings (SSSR count). The molecular formula is C18H19Br2N3O4. The van der Waals surface area contributed by atoms with Crippen LogP contribution in [-0.2, 0) is 16.1 Å². The minimum absolute atomic E-state index is 0.0688. The van der Waals surface area contributed by atoms with E-state index in [0.29, 0.717) is 23.8 Å². The SMILES string of the molecule is C/C(CC(=O)NCc1ccco1)=N\NC(=O)COc1cc(C)c(Br)cc1Br. The van der Waals surface area contributed by atoms with Crippen molar-refractivity contribution < 1.29 is 18.7 Å². The van der Waals surface area contributed by atoms with Crippen molar-refractivity contribution in [3.8, 4) is 5.75 Å². The van der Waals surface area contributed by atoms with E-state index in [0.717, 1.165) is 14.5 Å². The first kappa shape index (κ1) is 21.2. The van der Waals surface area contributed by atoms with Crippen LogP contribution in [0.2, 0.25) is 0 Å². The van der Waals surface area contributed by atoms with Crippen molar-refractivity contribution >= 4 is 49.4 Å². The van der Waals surface area contributed by atoms with E-state index in [9.17, 15) is 9.59 Å². The molecule has 0 fully saturated rings. The van der Waals surface area contributed by atoms with Gasteiger partial charge in [0.2, 0.25) is 5.91 Å². The summed E-state index contributed by atoms with van der Waals surface area (Å²) in [5, 5.41) is 6.62. The molecule has 0 radical (unpaired) electrons. The lowest BCUT2D eigenvalue weighted by Gasteiger charge is -2.09. The zero-order valence-electron chi connectivity index (χ0n) is 14.8. The molecule has 0 spiro atoms. The average molecular weight is 501 g/mol. The van der Waals surface area contributed by atoms with Gasteiger partial charge in [-0.15, -0.1) is 0 Å². The van der Waals surface area contributed by atoms with Crippen molar-refractivity contribution in [3.63, 3.8) is 0 Å². The Morgan fingerprint density at radius 1 is 1.22 bits per heavy atom. The highest BCUT2D eigenvalue weighted by molar-refractivity contribution is 9.11. The summed E-state index contributed by atoms with van der Waals surface area (Å²) in [6.45, 7) is 3.69. The molecule has 9 heteroatoms. The van der Waals surface area contributed by atoms with Gasteiger partial charge in [-0.2, -0.15) is 5.10 Å². The fourth-order valence-electron chi connectivity index (χ4n) is 2.01. The summed E-state index contributed by atoms with van der Waals surface area (Å²) in [5.41, 5.74) is 3.84. The molecule has 0 bridgehead atoms. The molecule has 0 atom stereocenters. The van der Waals surface area contributed by atoms with Gasteiger partial charge in [0, 0.05) is 10.2 Å². The van der Waals surface area contributed by atoms with Crippen molar-refractivity contribution in [2.75, 3.05) is 6.61 Å². The van der Waals surface area contributed by atoms with Gasteiger partial charge in [-0.05, 0) is 59.6 Å². The Labute approximate surface area is 173 Å². The van der Waals surface area contributed by atoms with Crippen LogP contribution in [-0.4, -0.2) is 24.1 Å². The van der Waals surface area contributed by atoms with Crippen LogP contribution in [0.25, 0.3) is 0 Å². The summed E-state index contributed by atoms with van der Waals surface area (Å²) < 4.78 is 12.3. The molecule has 27 heavy (non-hydrogen) atoms. The Morgan fingerprint density at radius 3 is 2.70 bits per heavy atom. The quantitative estimate of drug-likeness (QED) is 0.427. The second-order valence-electron chi connectivity index (χ2n) is 5.74. The van der Waals surface area contributed by atoms with Crippen molar-refractivity contribution in [2.24, 2.45) is 5.10 Å². The highest BCUT2D eigenvalue weighted by Crippen LogP contribution is 2.31. The first-order valence-corrected chi connectivity index (χ1v) is 9.63. The average Bonchev–Trinajstić information content (AvgIpc) is 3.13. The number of hydrogen-bond acceptors (Lipinski definition) is 5. The van der Waals surface area contributed by atoms with Gasteiger partial charge in [-0.1, -0.05) is 15.9 Å². The smallest absolute Gasteiger partial charge is 0.277 e. The molecule has 1 aromatic carbocycles. The van der Waals surface area contributed by atoms with Crippen molar-refractivity contribution in [3.05, 3.63) is 50.8 Å². The van der Waals surface area contributed by atoms with E-state index in [1.165, 1.54) is 0 Å². The van der Waals surface area contributed by atoms with Crippen molar-refractivity contribution in [1.29, 1.82) is 0 Å². The molecule has 0 aliphatic rings. The zero-order valence-corrected chi connectivity index (χ0v) is 18.0. The number of carbonyl (C=O) groups excluding carboxylic acids is 2. The molecule has 0 aliphatic carbocycles. The Balaban J connectivity index is 1.74. The van der Waals surface area contributed by atoms with Crippen LogP contribution < -0.4 is 15.5 Å². The third kappa shape index (κ3) is 7.18. The number of amides is 2. The van der Waals surface area contributed by atoms with Crippen LogP contribution >= 0.6 is 31.9 Å². The van der Waals surface area contributed by atoms with Crippen LogP contribution in [0, 0.1) is 6.92 Å².